The van der Waals surface area contributed by atoms with Crippen LogP contribution >= 0.6 is 0 Å². The Bertz CT molecular complexity index is 368. The highest BCUT2D eigenvalue weighted by Gasteiger charge is 2.13. The van der Waals surface area contributed by atoms with Crippen molar-refractivity contribution in [3.8, 4) is 0 Å². The van der Waals surface area contributed by atoms with Crippen molar-refractivity contribution in [2.45, 2.75) is 117 Å². The summed E-state index contributed by atoms with van der Waals surface area (Å²) in [5, 5.41) is 0. The lowest BCUT2D eigenvalue weighted by molar-refractivity contribution is 0.204. The second-order valence-electron chi connectivity index (χ2n) is 7.40. The Hall–Kier alpha value is -0.130. The third kappa shape index (κ3) is 20.0. The molecule has 25 heavy (non-hydrogen) atoms. The first kappa shape index (κ1) is 24.9. The molecule has 0 fully saturated rings. The third-order valence-electron chi connectivity index (χ3n) is 4.88. The molecule has 4 nitrogen and oxygen atoms in total. The number of unbranched alkanes of at least 4 members (excludes halogenated alkanes) is 12. The predicted octanol–water partition coefficient (Wildman–Crippen LogP) is 6.70. The van der Waals surface area contributed by atoms with Gasteiger partial charge in [0.25, 0.3) is 0 Å². The van der Waals surface area contributed by atoms with E-state index in [2.05, 4.69) is 18.0 Å². The van der Waals surface area contributed by atoms with E-state index in [9.17, 15) is 8.42 Å². The van der Waals surface area contributed by atoms with Crippen LogP contribution in [0.3, 0.4) is 0 Å². The third-order valence-corrected chi connectivity index (χ3v) is 5.32. The van der Waals surface area contributed by atoms with Crippen molar-refractivity contribution in [3.63, 3.8) is 0 Å². The first-order chi connectivity index (χ1) is 12.0. The summed E-state index contributed by atoms with van der Waals surface area (Å²) in [6.45, 7) is 4.58. The summed E-state index contributed by atoms with van der Waals surface area (Å²) in [4.78, 5) is 0. The van der Waals surface area contributed by atoms with E-state index < -0.39 is 10.4 Å². The first-order valence-corrected chi connectivity index (χ1v) is 12.0. The highest BCUT2D eigenvalue weighted by Crippen LogP contribution is 2.20. The summed E-state index contributed by atoms with van der Waals surface area (Å²) in [5.74, 6) is 0.244. The van der Waals surface area contributed by atoms with Gasteiger partial charge in [-0.15, -0.1) is 0 Å². The SMILES string of the molecule is CCCCCCCCCC[C@@H](CCCCCCCC)COS(=O)(=O)O. The summed E-state index contributed by atoms with van der Waals surface area (Å²) < 4.78 is 35.1. The molecule has 0 heterocycles. The average Bonchev–Trinajstić information content (AvgIpc) is 2.56. The summed E-state index contributed by atoms with van der Waals surface area (Å²) in [6, 6.07) is 0. The lowest BCUT2D eigenvalue weighted by Crippen LogP contribution is -2.14. The fourth-order valence-corrected chi connectivity index (χ4v) is 3.64. The standard InChI is InChI=1S/C20H42O4S/c1-3-5-7-9-11-12-14-16-18-20(19-24-25(21,22)23)17-15-13-10-8-6-4-2/h20H,3-19H2,1-2H3,(H,21,22,23)/t20-/m1/s1. The second kappa shape index (κ2) is 17.3. The molecule has 0 unspecified atom stereocenters. The lowest BCUT2D eigenvalue weighted by Gasteiger charge is -2.16. The van der Waals surface area contributed by atoms with Gasteiger partial charge < -0.3 is 0 Å². The van der Waals surface area contributed by atoms with Gasteiger partial charge in [-0.05, 0) is 18.8 Å². The van der Waals surface area contributed by atoms with Gasteiger partial charge in [-0.25, -0.2) is 4.18 Å². The molecular weight excluding hydrogens is 336 g/mol. The van der Waals surface area contributed by atoms with Crippen LogP contribution in [0.25, 0.3) is 0 Å². The van der Waals surface area contributed by atoms with Gasteiger partial charge >= 0.3 is 10.4 Å². The van der Waals surface area contributed by atoms with Gasteiger partial charge in [0.1, 0.15) is 0 Å². The minimum atomic E-state index is -4.31. The van der Waals surface area contributed by atoms with E-state index in [1.165, 1.54) is 77.0 Å². The van der Waals surface area contributed by atoms with E-state index in [0.29, 0.717) is 0 Å². The van der Waals surface area contributed by atoms with Crippen molar-refractivity contribution in [2.24, 2.45) is 5.92 Å². The molecule has 5 heteroatoms. The monoisotopic (exact) mass is 378 g/mol. The number of hydrogen-bond donors (Lipinski definition) is 1. The Kier molecular flexibility index (Phi) is 17.2. The van der Waals surface area contributed by atoms with Crippen molar-refractivity contribution in [3.05, 3.63) is 0 Å². The molecule has 1 N–H and O–H groups in total. The van der Waals surface area contributed by atoms with Crippen molar-refractivity contribution in [1.29, 1.82) is 0 Å². The van der Waals surface area contributed by atoms with Gasteiger partial charge in [0.05, 0.1) is 6.61 Å². The normalized spacial score (nSPS) is 13.2. The van der Waals surface area contributed by atoms with E-state index in [4.69, 9.17) is 4.55 Å². The van der Waals surface area contributed by atoms with Gasteiger partial charge in [-0.1, -0.05) is 104 Å². The van der Waals surface area contributed by atoms with Gasteiger partial charge in [0.15, 0.2) is 0 Å². The van der Waals surface area contributed by atoms with Crippen LogP contribution in [0.5, 0.6) is 0 Å². The fraction of sp³-hybridized carbons (Fsp3) is 1.00. The van der Waals surface area contributed by atoms with Crippen molar-refractivity contribution < 1.29 is 17.2 Å². The largest absolute Gasteiger partial charge is 0.397 e. The topological polar surface area (TPSA) is 63.6 Å². The van der Waals surface area contributed by atoms with Crippen LogP contribution in [0.4, 0.5) is 0 Å². The highest BCUT2D eigenvalue weighted by molar-refractivity contribution is 7.80. The predicted molar refractivity (Wildman–Crippen MR) is 106 cm³/mol. The zero-order valence-electron chi connectivity index (χ0n) is 16.7. The van der Waals surface area contributed by atoms with E-state index in [1.807, 2.05) is 0 Å². The zero-order chi connectivity index (χ0) is 18.8. The maximum absolute atomic E-state index is 10.8. The van der Waals surface area contributed by atoms with Crippen molar-refractivity contribution in [1.82, 2.24) is 0 Å². The molecule has 0 aromatic rings. The molecule has 0 aromatic heterocycles. The Balaban J connectivity index is 3.85. The van der Waals surface area contributed by atoms with Crippen LogP contribution in [-0.2, 0) is 14.6 Å². The molecule has 0 aliphatic rings. The molecule has 0 rings (SSSR count). The molecule has 0 bridgehead atoms. The molecule has 0 aliphatic carbocycles. The van der Waals surface area contributed by atoms with Crippen LogP contribution in [0.15, 0.2) is 0 Å². The smallest absolute Gasteiger partial charge is 0.264 e. The maximum atomic E-state index is 10.8. The first-order valence-electron chi connectivity index (χ1n) is 10.6. The summed E-state index contributed by atoms with van der Waals surface area (Å²) in [7, 11) is -4.31. The Morgan fingerprint density at radius 1 is 0.680 bits per heavy atom. The fourth-order valence-electron chi connectivity index (χ4n) is 3.27. The zero-order valence-corrected chi connectivity index (χ0v) is 17.5. The minimum absolute atomic E-state index is 0.129. The molecule has 1 atom stereocenters. The van der Waals surface area contributed by atoms with Gasteiger partial charge in [0.2, 0.25) is 0 Å². The molecule has 0 saturated heterocycles. The summed E-state index contributed by atoms with van der Waals surface area (Å²) >= 11 is 0. The minimum Gasteiger partial charge on any atom is -0.264 e. The van der Waals surface area contributed by atoms with Crippen LogP contribution in [0.1, 0.15) is 117 Å². The van der Waals surface area contributed by atoms with E-state index in [-0.39, 0.29) is 12.5 Å². The lowest BCUT2D eigenvalue weighted by atomic mass is 9.95. The summed E-state index contributed by atoms with van der Waals surface area (Å²) in [6.07, 6.45) is 19.7. The maximum Gasteiger partial charge on any atom is 0.397 e. The molecule has 152 valence electrons. The average molecular weight is 379 g/mol. The highest BCUT2D eigenvalue weighted by atomic mass is 32.3. The number of hydrogen-bond acceptors (Lipinski definition) is 3. The molecule has 0 spiro atoms. The van der Waals surface area contributed by atoms with Crippen LogP contribution in [-0.4, -0.2) is 19.6 Å². The molecule has 0 amide bonds. The Morgan fingerprint density at radius 2 is 1.04 bits per heavy atom. The quantitative estimate of drug-likeness (QED) is 0.200. The van der Waals surface area contributed by atoms with Crippen molar-refractivity contribution >= 4 is 10.4 Å². The Labute approximate surface area is 157 Å². The van der Waals surface area contributed by atoms with E-state index in [1.54, 1.807) is 0 Å². The van der Waals surface area contributed by atoms with Gasteiger partial charge in [-0.2, -0.15) is 8.42 Å². The van der Waals surface area contributed by atoms with E-state index >= 15 is 0 Å². The van der Waals surface area contributed by atoms with E-state index in [0.717, 1.165) is 25.7 Å². The molecular formula is C20H42O4S. The molecule has 0 radical (unpaired) electrons. The molecule has 0 saturated carbocycles. The van der Waals surface area contributed by atoms with Crippen LogP contribution in [0.2, 0.25) is 0 Å². The molecule has 0 aromatic carbocycles. The Morgan fingerprint density at radius 3 is 1.40 bits per heavy atom. The number of rotatable bonds is 19. The van der Waals surface area contributed by atoms with Crippen molar-refractivity contribution in [2.75, 3.05) is 6.61 Å². The second-order valence-corrected chi connectivity index (χ2v) is 8.49. The van der Waals surface area contributed by atoms with Gasteiger partial charge in [-0.3, -0.25) is 4.55 Å². The molecule has 0 aliphatic heterocycles. The van der Waals surface area contributed by atoms with Gasteiger partial charge in [0, 0.05) is 0 Å². The summed E-state index contributed by atoms with van der Waals surface area (Å²) in [5.41, 5.74) is 0. The van der Waals surface area contributed by atoms with Crippen LogP contribution in [0, 0.1) is 5.92 Å². The van der Waals surface area contributed by atoms with Crippen LogP contribution < -0.4 is 0 Å².